The van der Waals surface area contributed by atoms with Gasteiger partial charge in [0.25, 0.3) is 0 Å². The summed E-state index contributed by atoms with van der Waals surface area (Å²) in [6, 6.07) is 11.1. The van der Waals surface area contributed by atoms with E-state index < -0.39 is 11.7 Å². The highest BCUT2D eigenvalue weighted by Gasteiger charge is 2.31. The maximum atomic E-state index is 13.0. The first-order chi connectivity index (χ1) is 12.4. The normalized spacial score (nSPS) is 11.8. The van der Waals surface area contributed by atoms with E-state index in [1.54, 1.807) is 36.5 Å². The van der Waals surface area contributed by atoms with Gasteiger partial charge in [-0.1, -0.05) is 23.7 Å². The van der Waals surface area contributed by atoms with E-state index >= 15 is 0 Å². The molecule has 0 radical (unpaired) electrons. The molecule has 0 atom stereocenters. The number of hydrogen-bond donors (Lipinski definition) is 0. The average molecular weight is 375 g/mol. The van der Waals surface area contributed by atoms with Gasteiger partial charge < -0.3 is 0 Å². The number of benzene rings is 1. The van der Waals surface area contributed by atoms with Gasteiger partial charge in [-0.2, -0.15) is 18.3 Å². The van der Waals surface area contributed by atoms with Gasteiger partial charge >= 0.3 is 6.18 Å². The largest absolute Gasteiger partial charge is 0.417 e. The highest BCUT2D eigenvalue weighted by molar-refractivity contribution is 6.30. The molecule has 0 unspecified atom stereocenters. The van der Waals surface area contributed by atoms with Crippen molar-refractivity contribution in [2.45, 2.75) is 6.18 Å². The molecule has 0 bridgehead atoms. The molecule has 0 fully saturated rings. The molecular formula is C18H10ClF3N4. The zero-order chi connectivity index (χ0) is 18.3. The SMILES string of the molecule is FC(F)(F)c1ccc2c(-c3ccncn3)c(-c3cccc(Cl)c3)nn2c1. The van der Waals surface area contributed by atoms with Crippen molar-refractivity contribution in [3.63, 3.8) is 0 Å². The van der Waals surface area contributed by atoms with Gasteiger partial charge in [0.15, 0.2) is 0 Å². The van der Waals surface area contributed by atoms with Crippen molar-refractivity contribution in [1.29, 1.82) is 0 Å². The van der Waals surface area contributed by atoms with Crippen LogP contribution in [-0.2, 0) is 6.18 Å². The molecule has 26 heavy (non-hydrogen) atoms. The Labute approximate surface area is 150 Å². The van der Waals surface area contributed by atoms with Gasteiger partial charge in [0.2, 0.25) is 0 Å². The summed E-state index contributed by atoms with van der Waals surface area (Å²) >= 11 is 6.07. The summed E-state index contributed by atoms with van der Waals surface area (Å²) in [7, 11) is 0. The summed E-state index contributed by atoms with van der Waals surface area (Å²) in [5.41, 5.74) is 2.08. The molecule has 4 aromatic rings. The first kappa shape index (κ1) is 16.5. The molecule has 130 valence electrons. The Hall–Kier alpha value is -2.93. The standard InChI is InChI=1S/C18H10ClF3N4/c19-13-3-1-2-11(8-13)17-16(14-6-7-23-10-24-14)15-5-4-12(18(20,21)22)9-26(15)25-17/h1-10H. The molecule has 0 N–H and O–H groups in total. The lowest BCUT2D eigenvalue weighted by molar-refractivity contribution is -0.137. The Balaban J connectivity index is 2.03. The molecule has 0 saturated heterocycles. The first-order valence-corrected chi connectivity index (χ1v) is 7.93. The predicted molar refractivity (Wildman–Crippen MR) is 91.7 cm³/mol. The van der Waals surface area contributed by atoms with Crippen LogP contribution in [0.25, 0.3) is 28.0 Å². The topological polar surface area (TPSA) is 43.1 Å². The number of halogens is 4. The van der Waals surface area contributed by atoms with Crippen molar-refractivity contribution in [1.82, 2.24) is 19.6 Å². The fourth-order valence-electron chi connectivity index (χ4n) is 2.75. The summed E-state index contributed by atoms with van der Waals surface area (Å²) < 4.78 is 40.3. The quantitative estimate of drug-likeness (QED) is 0.488. The summed E-state index contributed by atoms with van der Waals surface area (Å²) in [5, 5.41) is 4.88. The maximum Gasteiger partial charge on any atom is 0.417 e. The van der Waals surface area contributed by atoms with Gasteiger partial charge in [-0.3, -0.25) is 0 Å². The lowest BCUT2D eigenvalue weighted by atomic mass is 10.0. The summed E-state index contributed by atoms with van der Waals surface area (Å²) in [5.74, 6) is 0. The van der Waals surface area contributed by atoms with Crippen molar-refractivity contribution in [2.75, 3.05) is 0 Å². The van der Waals surface area contributed by atoms with E-state index in [9.17, 15) is 13.2 Å². The van der Waals surface area contributed by atoms with E-state index in [1.165, 1.54) is 16.9 Å². The second kappa shape index (κ2) is 6.10. The minimum atomic E-state index is -4.45. The summed E-state index contributed by atoms with van der Waals surface area (Å²) in [4.78, 5) is 8.12. The van der Waals surface area contributed by atoms with Gasteiger partial charge in [-0.25, -0.2) is 14.5 Å². The number of hydrogen-bond acceptors (Lipinski definition) is 3. The molecule has 0 aliphatic carbocycles. The zero-order valence-corrected chi connectivity index (χ0v) is 13.8. The van der Waals surface area contributed by atoms with E-state index in [0.29, 0.717) is 33.1 Å². The van der Waals surface area contributed by atoms with Crippen molar-refractivity contribution < 1.29 is 13.2 Å². The van der Waals surface area contributed by atoms with Crippen LogP contribution in [0.2, 0.25) is 5.02 Å². The van der Waals surface area contributed by atoms with Crippen molar-refractivity contribution in [3.05, 3.63) is 71.8 Å². The highest BCUT2D eigenvalue weighted by atomic mass is 35.5. The van der Waals surface area contributed by atoms with Crippen LogP contribution >= 0.6 is 11.6 Å². The smallest absolute Gasteiger partial charge is 0.245 e. The minimum Gasteiger partial charge on any atom is -0.245 e. The number of rotatable bonds is 2. The average Bonchev–Trinajstić information content (AvgIpc) is 3.00. The van der Waals surface area contributed by atoms with Crippen LogP contribution in [0.15, 0.2) is 61.2 Å². The number of pyridine rings is 1. The van der Waals surface area contributed by atoms with Crippen LogP contribution in [0.3, 0.4) is 0 Å². The second-order valence-electron chi connectivity index (χ2n) is 5.57. The molecule has 0 aliphatic heterocycles. The second-order valence-corrected chi connectivity index (χ2v) is 6.01. The van der Waals surface area contributed by atoms with Crippen LogP contribution in [-0.4, -0.2) is 19.6 Å². The first-order valence-electron chi connectivity index (χ1n) is 7.55. The molecule has 0 saturated carbocycles. The predicted octanol–water partition coefficient (Wildman–Crippen LogP) is 5.13. The van der Waals surface area contributed by atoms with Crippen LogP contribution in [0.4, 0.5) is 13.2 Å². The maximum absolute atomic E-state index is 13.0. The van der Waals surface area contributed by atoms with Crippen molar-refractivity contribution in [2.24, 2.45) is 0 Å². The lowest BCUT2D eigenvalue weighted by Crippen LogP contribution is -2.06. The molecular weight excluding hydrogens is 365 g/mol. The number of nitrogens with zero attached hydrogens (tertiary/aromatic N) is 4. The fraction of sp³-hybridized carbons (Fsp3) is 0.0556. The van der Waals surface area contributed by atoms with Crippen molar-refractivity contribution in [3.8, 4) is 22.5 Å². The molecule has 8 heteroatoms. The Bertz CT molecular complexity index is 1090. The fourth-order valence-corrected chi connectivity index (χ4v) is 2.94. The van der Waals surface area contributed by atoms with E-state index in [2.05, 4.69) is 15.1 Å². The highest BCUT2D eigenvalue weighted by Crippen LogP contribution is 2.36. The van der Waals surface area contributed by atoms with Crippen LogP contribution < -0.4 is 0 Å². The molecule has 4 rings (SSSR count). The molecule has 3 aromatic heterocycles. The van der Waals surface area contributed by atoms with Crippen molar-refractivity contribution >= 4 is 17.1 Å². The van der Waals surface area contributed by atoms with Gasteiger partial charge in [-0.15, -0.1) is 0 Å². The third-order valence-electron chi connectivity index (χ3n) is 3.89. The third kappa shape index (κ3) is 2.90. The van der Waals surface area contributed by atoms with E-state index in [1.807, 2.05) is 0 Å². The monoisotopic (exact) mass is 374 g/mol. The number of fused-ring (bicyclic) bond motifs is 1. The number of aromatic nitrogens is 4. The van der Waals surface area contributed by atoms with E-state index in [4.69, 9.17) is 11.6 Å². The van der Waals surface area contributed by atoms with Crippen LogP contribution in [0.1, 0.15) is 5.56 Å². The Morgan fingerprint density at radius 1 is 1.04 bits per heavy atom. The summed E-state index contributed by atoms with van der Waals surface area (Å²) in [6.07, 6.45) is -0.540. The van der Waals surface area contributed by atoms with Gasteiger partial charge in [0.05, 0.1) is 22.3 Å². The molecule has 3 heterocycles. The molecule has 4 nitrogen and oxygen atoms in total. The molecule has 0 aliphatic rings. The van der Waals surface area contributed by atoms with Crippen LogP contribution in [0, 0.1) is 0 Å². The summed E-state index contributed by atoms with van der Waals surface area (Å²) in [6.45, 7) is 0. The van der Waals surface area contributed by atoms with Gasteiger partial charge in [0, 0.05) is 23.0 Å². The zero-order valence-electron chi connectivity index (χ0n) is 13.1. The lowest BCUT2D eigenvalue weighted by Gasteiger charge is -2.06. The third-order valence-corrected chi connectivity index (χ3v) is 4.13. The number of alkyl halides is 3. The molecule has 0 spiro atoms. The van der Waals surface area contributed by atoms with Gasteiger partial charge in [0.1, 0.15) is 12.0 Å². The van der Waals surface area contributed by atoms with E-state index in [0.717, 1.165) is 12.3 Å². The Kier molecular flexibility index (Phi) is 3.88. The minimum absolute atomic E-state index is 0.491. The Morgan fingerprint density at radius 3 is 2.58 bits per heavy atom. The van der Waals surface area contributed by atoms with Gasteiger partial charge in [-0.05, 0) is 30.3 Å². The van der Waals surface area contributed by atoms with Crippen LogP contribution in [0.5, 0.6) is 0 Å². The molecule has 1 aromatic carbocycles. The Morgan fingerprint density at radius 2 is 1.88 bits per heavy atom. The molecule has 0 amide bonds. The van der Waals surface area contributed by atoms with E-state index in [-0.39, 0.29) is 0 Å².